The fourth-order valence-electron chi connectivity index (χ4n) is 1.26. The summed E-state index contributed by atoms with van der Waals surface area (Å²) in [6.45, 7) is 1.76. The Labute approximate surface area is 96.5 Å². The number of hydrogen-bond acceptors (Lipinski definition) is 3. The topological polar surface area (TPSA) is 42.7 Å². The van der Waals surface area contributed by atoms with E-state index in [1.807, 2.05) is 23.2 Å². The predicted octanol–water partition coefficient (Wildman–Crippen LogP) is 2.15. The van der Waals surface area contributed by atoms with Gasteiger partial charge in [0.2, 0.25) is 0 Å². The zero-order valence-corrected chi connectivity index (χ0v) is 9.68. The number of aromatic nitrogens is 3. The van der Waals surface area contributed by atoms with E-state index >= 15 is 0 Å². The van der Waals surface area contributed by atoms with E-state index in [1.165, 1.54) is 0 Å². The number of pyridine rings is 1. The molecule has 0 amide bonds. The highest BCUT2D eigenvalue weighted by Gasteiger charge is 1.97. The molecule has 5 heteroatoms. The van der Waals surface area contributed by atoms with Gasteiger partial charge in [-0.05, 0) is 22.0 Å². The number of nitrogens with zero attached hydrogens (tertiary/aromatic N) is 3. The fraction of sp³-hybridized carbons (Fsp3) is 0.200. The summed E-state index contributed by atoms with van der Waals surface area (Å²) in [6.07, 6.45) is 9.08. The fourth-order valence-corrected chi connectivity index (χ4v) is 1.65. The standard InChI is InChI=1S/C10H11BrN4/c11-9-7-12-2-1-10(9)14-4-6-15-5-3-13-8-15/h1-3,5,7-8H,4,6H2,(H,12,14). The van der Waals surface area contributed by atoms with Gasteiger partial charge in [0.1, 0.15) is 0 Å². The number of nitrogens with one attached hydrogen (secondary N) is 1. The number of imidazole rings is 1. The van der Waals surface area contributed by atoms with Gasteiger partial charge in [0.05, 0.1) is 16.5 Å². The molecular weight excluding hydrogens is 256 g/mol. The molecule has 78 valence electrons. The van der Waals surface area contributed by atoms with Crippen molar-refractivity contribution in [2.75, 3.05) is 11.9 Å². The molecule has 15 heavy (non-hydrogen) atoms. The Balaban J connectivity index is 1.86. The number of anilines is 1. The van der Waals surface area contributed by atoms with Crippen molar-refractivity contribution in [2.24, 2.45) is 0 Å². The maximum atomic E-state index is 4.00. The van der Waals surface area contributed by atoms with E-state index < -0.39 is 0 Å². The Morgan fingerprint density at radius 1 is 1.33 bits per heavy atom. The van der Waals surface area contributed by atoms with Crippen molar-refractivity contribution >= 4 is 21.6 Å². The van der Waals surface area contributed by atoms with E-state index in [4.69, 9.17) is 0 Å². The van der Waals surface area contributed by atoms with E-state index in [1.54, 1.807) is 18.6 Å². The SMILES string of the molecule is Brc1cnccc1NCCn1ccnc1. The van der Waals surface area contributed by atoms with Crippen molar-refractivity contribution in [1.29, 1.82) is 0 Å². The van der Waals surface area contributed by atoms with Crippen molar-refractivity contribution in [2.45, 2.75) is 6.54 Å². The van der Waals surface area contributed by atoms with E-state index in [2.05, 4.69) is 31.2 Å². The van der Waals surface area contributed by atoms with Crippen molar-refractivity contribution in [1.82, 2.24) is 14.5 Å². The molecule has 2 heterocycles. The molecule has 4 nitrogen and oxygen atoms in total. The second kappa shape index (κ2) is 4.93. The molecule has 1 N–H and O–H groups in total. The molecule has 0 aliphatic carbocycles. The van der Waals surface area contributed by atoms with Crippen molar-refractivity contribution in [3.05, 3.63) is 41.7 Å². The van der Waals surface area contributed by atoms with Gasteiger partial charge in [-0.1, -0.05) is 0 Å². The predicted molar refractivity (Wildman–Crippen MR) is 62.7 cm³/mol. The summed E-state index contributed by atoms with van der Waals surface area (Å²) in [5.41, 5.74) is 1.06. The molecule has 0 saturated heterocycles. The Hall–Kier alpha value is -1.36. The van der Waals surface area contributed by atoms with Gasteiger partial charge in [-0.3, -0.25) is 4.98 Å². The highest BCUT2D eigenvalue weighted by molar-refractivity contribution is 9.10. The molecule has 0 atom stereocenters. The number of hydrogen-bond donors (Lipinski definition) is 1. The lowest BCUT2D eigenvalue weighted by atomic mass is 10.4. The zero-order chi connectivity index (χ0) is 10.5. The molecular formula is C10H11BrN4. The molecule has 0 radical (unpaired) electrons. The first-order valence-electron chi connectivity index (χ1n) is 4.65. The maximum Gasteiger partial charge on any atom is 0.0946 e. The second-order valence-electron chi connectivity index (χ2n) is 3.08. The third kappa shape index (κ3) is 2.79. The lowest BCUT2D eigenvalue weighted by molar-refractivity contribution is 0.726. The maximum absolute atomic E-state index is 4.00. The van der Waals surface area contributed by atoms with Crippen LogP contribution in [0.1, 0.15) is 0 Å². The van der Waals surface area contributed by atoms with Crippen LogP contribution in [0.4, 0.5) is 5.69 Å². The summed E-state index contributed by atoms with van der Waals surface area (Å²) in [5.74, 6) is 0. The minimum Gasteiger partial charge on any atom is -0.382 e. The van der Waals surface area contributed by atoms with Gasteiger partial charge in [-0.2, -0.15) is 0 Å². The zero-order valence-electron chi connectivity index (χ0n) is 8.10. The first-order chi connectivity index (χ1) is 7.36. The molecule has 0 aliphatic rings. The lowest BCUT2D eigenvalue weighted by Crippen LogP contribution is -2.09. The summed E-state index contributed by atoms with van der Waals surface area (Å²) in [5, 5.41) is 3.32. The molecule has 0 spiro atoms. The average molecular weight is 267 g/mol. The Morgan fingerprint density at radius 2 is 2.27 bits per heavy atom. The van der Waals surface area contributed by atoms with Crippen LogP contribution in [0.15, 0.2) is 41.7 Å². The lowest BCUT2D eigenvalue weighted by Gasteiger charge is -2.07. The Kier molecular flexibility index (Phi) is 3.34. The molecule has 0 fully saturated rings. The van der Waals surface area contributed by atoms with Crippen LogP contribution < -0.4 is 5.32 Å². The molecule has 0 saturated carbocycles. The molecule has 0 aromatic carbocycles. The van der Waals surface area contributed by atoms with Crippen LogP contribution in [0.25, 0.3) is 0 Å². The van der Waals surface area contributed by atoms with E-state index in [-0.39, 0.29) is 0 Å². The minimum absolute atomic E-state index is 0.860. The van der Waals surface area contributed by atoms with Gasteiger partial charge < -0.3 is 9.88 Å². The highest BCUT2D eigenvalue weighted by atomic mass is 79.9. The number of rotatable bonds is 4. The first-order valence-corrected chi connectivity index (χ1v) is 5.44. The summed E-state index contributed by atoms with van der Waals surface area (Å²) >= 11 is 3.43. The van der Waals surface area contributed by atoms with Crippen LogP contribution in [0.2, 0.25) is 0 Å². The van der Waals surface area contributed by atoms with Crippen molar-refractivity contribution in [3.8, 4) is 0 Å². The molecule has 0 bridgehead atoms. The van der Waals surface area contributed by atoms with Gasteiger partial charge in [-0.25, -0.2) is 4.98 Å². The van der Waals surface area contributed by atoms with Gasteiger partial charge in [0, 0.05) is 37.9 Å². The highest BCUT2D eigenvalue weighted by Crippen LogP contribution is 2.19. The summed E-state index contributed by atoms with van der Waals surface area (Å²) in [6, 6.07) is 1.94. The van der Waals surface area contributed by atoms with Crippen molar-refractivity contribution in [3.63, 3.8) is 0 Å². The van der Waals surface area contributed by atoms with E-state index in [0.29, 0.717) is 0 Å². The summed E-state index contributed by atoms with van der Waals surface area (Å²) in [4.78, 5) is 7.98. The van der Waals surface area contributed by atoms with Gasteiger partial charge >= 0.3 is 0 Å². The third-order valence-corrected chi connectivity index (χ3v) is 2.65. The quantitative estimate of drug-likeness (QED) is 0.923. The minimum atomic E-state index is 0.860. The van der Waals surface area contributed by atoms with Crippen LogP contribution in [0.3, 0.4) is 0 Å². The Morgan fingerprint density at radius 3 is 3.00 bits per heavy atom. The molecule has 0 aliphatic heterocycles. The monoisotopic (exact) mass is 266 g/mol. The van der Waals surface area contributed by atoms with Crippen LogP contribution in [0.5, 0.6) is 0 Å². The molecule has 2 rings (SSSR count). The average Bonchev–Trinajstić information content (AvgIpc) is 2.74. The summed E-state index contributed by atoms with van der Waals surface area (Å²) < 4.78 is 3.01. The van der Waals surface area contributed by atoms with Crippen LogP contribution >= 0.6 is 15.9 Å². The van der Waals surface area contributed by atoms with E-state index in [9.17, 15) is 0 Å². The molecule has 0 unspecified atom stereocenters. The van der Waals surface area contributed by atoms with Crippen LogP contribution in [-0.2, 0) is 6.54 Å². The van der Waals surface area contributed by atoms with Crippen molar-refractivity contribution < 1.29 is 0 Å². The van der Waals surface area contributed by atoms with Gasteiger partial charge in [-0.15, -0.1) is 0 Å². The van der Waals surface area contributed by atoms with Gasteiger partial charge in [0.15, 0.2) is 0 Å². The molecule has 2 aromatic rings. The third-order valence-electron chi connectivity index (χ3n) is 2.02. The van der Waals surface area contributed by atoms with Gasteiger partial charge in [0.25, 0.3) is 0 Å². The number of halogens is 1. The normalized spacial score (nSPS) is 10.2. The second-order valence-corrected chi connectivity index (χ2v) is 3.94. The van der Waals surface area contributed by atoms with E-state index in [0.717, 1.165) is 23.2 Å². The van der Waals surface area contributed by atoms with Crippen LogP contribution in [0, 0.1) is 0 Å². The van der Waals surface area contributed by atoms with Crippen LogP contribution in [-0.4, -0.2) is 21.1 Å². The Bertz CT molecular complexity index is 413. The molecule has 2 aromatic heterocycles. The first kappa shape index (κ1) is 10.2. The summed E-state index contributed by atoms with van der Waals surface area (Å²) in [7, 11) is 0. The smallest absolute Gasteiger partial charge is 0.0946 e. The largest absolute Gasteiger partial charge is 0.382 e.